The predicted molar refractivity (Wildman–Crippen MR) is 154 cm³/mol. The van der Waals surface area contributed by atoms with E-state index in [2.05, 4.69) is 21.8 Å². The first-order valence-electron chi connectivity index (χ1n) is 14.4. The molecule has 0 radical (unpaired) electrons. The second-order valence-corrected chi connectivity index (χ2v) is 14.8. The summed E-state index contributed by atoms with van der Waals surface area (Å²) in [7, 11) is -3.79. The Morgan fingerprint density at radius 3 is 2.83 bits per heavy atom. The van der Waals surface area contributed by atoms with Gasteiger partial charge < -0.3 is 14.7 Å². The van der Waals surface area contributed by atoms with Crippen LogP contribution in [0.25, 0.3) is 0 Å². The van der Waals surface area contributed by atoms with E-state index in [1.807, 2.05) is 18.2 Å². The highest BCUT2D eigenvalue weighted by atomic mass is 35.5. The van der Waals surface area contributed by atoms with Gasteiger partial charge in [-0.3, -0.25) is 4.79 Å². The van der Waals surface area contributed by atoms with E-state index >= 15 is 0 Å². The zero-order valence-electron chi connectivity index (χ0n) is 22.4. The molecule has 0 aromatic heterocycles. The highest BCUT2D eigenvalue weighted by molar-refractivity contribution is 7.91. The van der Waals surface area contributed by atoms with Gasteiger partial charge in [0, 0.05) is 29.1 Å². The normalized spacial score (nSPS) is 35.1. The Bertz CT molecular complexity index is 1490. The predicted octanol–water partition coefficient (Wildman–Crippen LogP) is 4.61. The fourth-order valence-electron chi connectivity index (χ4n) is 7.46. The van der Waals surface area contributed by atoms with Crippen molar-refractivity contribution in [1.82, 2.24) is 4.72 Å². The summed E-state index contributed by atoms with van der Waals surface area (Å²) in [6, 6.07) is 11.4. The van der Waals surface area contributed by atoms with Gasteiger partial charge in [-0.1, -0.05) is 29.8 Å². The van der Waals surface area contributed by atoms with E-state index in [0.717, 1.165) is 49.4 Å². The number of nitrogens with zero attached hydrogens (tertiary/aromatic N) is 1. The lowest BCUT2D eigenvalue weighted by atomic mass is 9.68. The number of hydrogen-bond acceptors (Lipinski definition) is 6. The molecule has 0 saturated heterocycles. The monoisotopic (exact) mass is 582 g/mol. The van der Waals surface area contributed by atoms with Crippen LogP contribution in [-0.2, 0) is 21.9 Å². The lowest BCUT2D eigenvalue weighted by Gasteiger charge is -2.45. The van der Waals surface area contributed by atoms with Crippen LogP contribution in [0.4, 0.5) is 5.69 Å². The van der Waals surface area contributed by atoms with Gasteiger partial charge in [-0.2, -0.15) is 0 Å². The zero-order valence-corrected chi connectivity index (χ0v) is 24.0. The number of aryl methyl sites for hydroxylation is 1. The molecule has 7 rings (SSSR count). The molecule has 5 aliphatic rings. The molecule has 212 valence electrons. The number of allylic oxidation sites excluding steroid dienone is 1. The largest absolute Gasteiger partial charge is 0.490 e. The average Bonchev–Trinajstić information content (AvgIpc) is 3.70. The minimum absolute atomic E-state index is 0.0285. The summed E-state index contributed by atoms with van der Waals surface area (Å²) in [6.07, 6.45) is 9.31. The molecule has 2 aromatic carbocycles. The number of aliphatic hydroxyl groups is 1. The number of halogens is 1. The van der Waals surface area contributed by atoms with E-state index in [-0.39, 0.29) is 17.3 Å². The van der Waals surface area contributed by atoms with E-state index < -0.39 is 27.3 Å². The average molecular weight is 583 g/mol. The summed E-state index contributed by atoms with van der Waals surface area (Å²) >= 11 is 6.37. The molecule has 2 N–H and O–H groups in total. The van der Waals surface area contributed by atoms with Crippen LogP contribution >= 0.6 is 11.6 Å². The molecule has 2 aromatic rings. The van der Waals surface area contributed by atoms with E-state index in [1.54, 1.807) is 18.2 Å². The Balaban J connectivity index is 1.29. The smallest absolute Gasteiger partial charge is 0.264 e. The second-order valence-electron chi connectivity index (χ2n) is 12.5. The summed E-state index contributed by atoms with van der Waals surface area (Å²) in [4.78, 5) is 15.5. The van der Waals surface area contributed by atoms with Crippen molar-refractivity contribution in [1.29, 1.82) is 0 Å². The minimum Gasteiger partial charge on any atom is -0.490 e. The maximum absolute atomic E-state index is 13.2. The molecule has 40 heavy (non-hydrogen) atoms. The molecule has 1 spiro atoms. The molecule has 2 bridgehead atoms. The molecule has 2 heterocycles. The maximum Gasteiger partial charge on any atom is 0.264 e. The summed E-state index contributed by atoms with van der Waals surface area (Å²) in [6.45, 7) is 1.94. The van der Waals surface area contributed by atoms with Crippen molar-refractivity contribution in [2.24, 2.45) is 17.8 Å². The van der Waals surface area contributed by atoms with Gasteiger partial charge in [0.1, 0.15) is 5.75 Å². The SMILES string of the molecule is O=C1NS(=O)(=O)[C@H]2C[C@@H]2C/C=C/[C@H](O)[C@@H]2CC[C@H]2CN2C[C@@]3(CCCc4cc(Cl)ccc43)COc3ccc1cc32. The number of amides is 1. The number of aliphatic hydroxyl groups excluding tert-OH is 1. The van der Waals surface area contributed by atoms with Crippen LogP contribution in [0.1, 0.15) is 60.0 Å². The molecule has 3 aliphatic carbocycles. The van der Waals surface area contributed by atoms with Gasteiger partial charge in [0.05, 0.1) is 23.6 Å². The van der Waals surface area contributed by atoms with Gasteiger partial charge >= 0.3 is 0 Å². The third kappa shape index (κ3) is 4.62. The van der Waals surface area contributed by atoms with Crippen molar-refractivity contribution in [3.05, 3.63) is 70.3 Å². The van der Waals surface area contributed by atoms with Crippen LogP contribution in [0.5, 0.6) is 5.75 Å². The molecule has 2 fully saturated rings. The van der Waals surface area contributed by atoms with E-state index in [4.69, 9.17) is 16.3 Å². The fraction of sp³-hybridized carbons (Fsp3) is 0.516. The minimum atomic E-state index is -3.79. The third-order valence-corrected chi connectivity index (χ3v) is 12.0. The van der Waals surface area contributed by atoms with Crippen LogP contribution in [-0.4, -0.2) is 50.5 Å². The lowest BCUT2D eigenvalue weighted by Crippen LogP contribution is -2.49. The Kier molecular flexibility index (Phi) is 6.44. The molecule has 9 heteroatoms. The highest BCUT2D eigenvalue weighted by Crippen LogP contribution is 2.47. The molecular formula is C31H35ClN2O5S. The quantitative estimate of drug-likeness (QED) is 0.441. The first kappa shape index (κ1) is 26.4. The highest BCUT2D eigenvalue weighted by Gasteiger charge is 2.48. The molecule has 1 amide bonds. The number of carbonyl (C=O) groups is 1. The molecule has 2 aliphatic heterocycles. The first-order valence-corrected chi connectivity index (χ1v) is 16.4. The summed E-state index contributed by atoms with van der Waals surface area (Å²) < 4.78 is 34.7. The van der Waals surface area contributed by atoms with Crippen LogP contribution in [0.15, 0.2) is 48.6 Å². The lowest BCUT2D eigenvalue weighted by molar-refractivity contribution is 0.0456. The number of ether oxygens (including phenoxy) is 1. The third-order valence-electron chi connectivity index (χ3n) is 9.93. The van der Waals surface area contributed by atoms with Gasteiger partial charge in [0.2, 0.25) is 10.0 Å². The number of benzene rings is 2. The number of rotatable bonds is 0. The maximum atomic E-state index is 13.2. The van der Waals surface area contributed by atoms with E-state index in [9.17, 15) is 18.3 Å². The van der Waals surface area contributed by atoms with Crippen LogP contribution in [0, 0.1) is 17.8 Å². The topological polar surface area (TPSA) is 95.9 Å². The van der Waals surface area contributed by atoms with Gasteiger partial charge in [0.25, 0.3) is 5.91 Å². The first-order chi connectivity index (χ1) is 19.2. The summed E-state index contributed by atoms with van der Waals surface area (Å²) in [5.74, 6) is 0.506. The molecule has 7 nitrogen and oxygen atoms in total. The van der Waals surface area contributed by atoms with Gasteiger partial charge in [-0.25, -0.2) is 13.1 Å². The van der Waals surface area contributed by atoms with Crippen molar-refractivity contribution < 1.29 is 23.1 Å². The van der Waals surface area contributed by atoms with Crippen molar-refractivity contribution in [2.45, 2.75) is 61.7 Å². The van der Waals surface area contributed by atoms with Crippen LogP contribution < -0.4 is 14.4 Å². The number of sulfonamides is 1. The Labute approximate surface area is 240 Å². The molecular weight excluding hydrogens is 548 g/mol. The number of nitrogens with one attached hydrogen (secondary N) is 1. The number of hydrogen-bond donors (Lipinski definition) is 2. The Hall–Kier alpha value is -2.55. The van der Waals surface area contributed by atoms with Crippen molar-refractivity contribution in [3.8, 4) is 5.75 Å². The van der Waals surface area contributed by atoms with Crippen LogP contribution in [0.2, 0.25) is 5.02 Å². The second kappa shape index (κ2) is 9.78. The van der Waals surface area contributed by atoms with Gasteiger partial charge in [0.15, 0.2) is 0 Å². The number of fused-ring (bicyclic) bond motifs is 5. The number of carbonyl (C=O) groups excluding carboxylic acids is 1. The summed E-state index contributed by atoms with van der Waals surface area (Å²) in [5.41, 5.74) is 3.38. The summed E-state index contributed by atoms with van der Waals surface area (Å²) in [5, 5.41) is 11.2. The zero-order chi connectivity index (χ0) is 27.6. The van der Waals surface area contributed by atoms with E-state index in [0.29, 0.717) is 43.2 Å². The van der Waals surface area contributed by atoms with Crippen LogP contribution in [0.3, 0.4) is 0 Å². The van der Waals surface area contributed by atoms with E-state index in [1.165, 1.54) is 11.1 Å². The van der Waals surface area contributed by atoms with Crippen molar-refractivity contribution in [3.63, 3.8) is 0 Å². The molecule has 0 unspecified atom stereocenters. The van der Waals surface area contributed by atoms with Gasteiger partial charge in [-0.05, 0) is 104 Å². The standard InChI is InChI=1S/C31H35ClN2O5S/c32-23-8-10-25-19(13-23)4-2-12-31(25)17-34-16-22-6-9-24(22)27(35)5-1-3-20-15-29(20)40(37,38)33-30(36)21-7-11-28(39-18-31)26(34)14-21/h1,5,7-8,10-11,13-14,20,22,24,27,29,35H,2-4,6,9,12,15-18H2,(H,33,36)/b5-1+/t20-,22-,24+,27-,29-,31-/m0/s1. The molecule has 6 atom stereocenters. The van der Waals surface area contributed by atoms with Crippen molar-refractivity contribution >= 4 is 33.2 Å². The Morgan fingerprint density at radius 1 is 1.12 bits per heavy atom. The van der Waals surface area contributed by atoms with Gasteiger partial charge in [-0.15, -0.1) is 0 Å². The Morgan fingerprint density at radius 2 is 2.00 bits per heavy atom. The number of anilines is 1. The fourth-order valence-corrected chi connectivity index (χ4v) is 9.30. The van der Waals surface area contributed by atoms with Crippen molar-refractivity contribution in [2.75, 3.05) is 24.6 Å². The molecule has 2 saturated carbocycles.